The normalized spacial score (nSPS) is 14.0. The molecule has 1 heterocycles. The summed E-state index contributed by atoms with van der Waals surface area (Å²) >= 11 is 0. The minimum Gasteiger partial charge on any atom is -0.506 e. The summed E-state index contributed by atoms with van der Waals surface area (Å²) in [5.74, 6) is -1.05. The van der Waals surface area contributed by atoms with Crippen LogP contribution in [0.4, 0.5) is 13.2 Å². The molecular formula is C7H6F3NO. The van der Waals surface area contributed by atoms with Crippen LogP contribution in [0, 0.1) is 6.92 Å². The fourth-order valence-corrected chi connectivity index (χ4v) is 0.706. The lowest BCUT2D eigenvalue weighted by Crippen LogP contribution is -2.08. The number of nitrogens with zero attached hydrogens (tertiary/aromatic N) is 1. The molecule has 0 unspecified atom stereocenters. The van der Waals surface area contributed by atoms with Gasteiger partial charge < -0.3 is 5.11 Å². The summed E-state index contributed by atoms with van der Waals surface area (Å²) in [6.07, 6.45) is -5.46. The molecule has 0 saturated heterocycles. The molecule has 12 heavy (non-hydrogen) atoms. The van der Waals surface area contributed by atoms with E-state index in [2.05, 4.69) is 4.98 Å². The molecule has 0 amide bonds. The Labute approximate surface area is 69.5 Å². The average Bonchev–Trinajstić information content (AvgIpc) is 1.97. The van der Waals surface area contributed by atoms with Gasteiger partial charge in [0.1, 0.15) is 5.75 Å². The lowest BCUT2D eigenvalue weighted by atomic mass is 10.2. The summed E-state index contributed by atoms with van der Waals surface area (Å²) in [6, 6.07) is -1.10. The Morgan fingerprint density at radius 1 is 1.58 bits per heavy atom. The van der Waals surface area contributed by atoms with Gasteiger partial charge in [-0.3, -0.25) is 4.98 Å². The van der Waals surface area contributed by atoms with Crippen LogP contribution in [-0.4, -0.2) is 10.1 Å². The second-order valence-electron chi connectivity index (χ2n) is 2.16. The molecule has 0 radical (unpaired) electrons. The SMILES string of the molecule is [2H]c1nc(C)c(C(F)(F)F)c([2H])c1O. The van der Waals surface area contributed by atoms with Crippen LogP contribution in [0.5, 0.6) is 5.75 Å². The Kier molecular flexibility index (Phi) is 1.39. The molecule has 0 fully saturated rings. The molecule has 0 aliphatic heterocycles. The molecule has 0 aromatic carbocycles. The summed E-state index contributed by atoms with van der Waals surface area (Å²) in [6.45, 7) is 1.04. The van der Waals surface area contributed by atoms with Crippen molar-refractivity contribution in [1.29, 1.82) is 0 Å². The molecule has 1 rings (SSSR count). The van der Waals surface area contributed by atoms with Gasteiger partial charge in [0.15, 0.2) is 0 Å². The maximum absolute atomic E-state index is 12.3. The van der Waals surface area contributed by atoms with Gasteiger partial charge in [0.25, 0.3) is 0 Å². The molecule has 66 valence electrons. The first-order valence-electron chi connectivity index (χ1n) is 3.99. The number of aryl methyl sites for hydroxylation is 1. The first-order chi connectivity index (χ1) is 6.25. The lowest BCUT2D eigenvalue weighted by Gasteiger charge is -2.08. The monoisotopic (exact) mass is 179 g/mol. The topological polar surface area (TPSA) is 33.1 Å². The van der Waals surface area contributed by atoms with Gasteiger partial charge in [0.05, 0.1) is 14.5 Å². The van der Waals surface area contributed by atoms with Crippen LogP contribution in [0.3, 0.4) is 0 Å². The van der Waals surface area contributed by atoms with Crippen molar-refractivity contribution in [3.05, 3.63) is 23.5 Å². The third kappa shape index (κ3) is 1.66. The number of pyridine rings is 1. The number of hydrogen-bond donors (Lipinski definition) is 1. The largest absolute Gasteiger partial charge is 0.506 e. The van der Waals surface area contributed by atoms with Crippen LogP contribution in [0.1, 0.15) is 14.0 Å². The van der Waals surface area contributed by atoms with Crippen LogP contribution in [0.25, 0.3) is 0 Å². The predicted octanol–water partition coefficient (Wildman–Crippen LogP) is 2.11. The fraction of sp³-hybridized carbons (Fsp3) is 0.286. The lowest BCUT2D eigenvalue weighted by molar-refractivity contribution is -0.138. The van der Waals surface area contributed by atoms with E-state index in [1.165, 1.54) is 0 Å². The molecule has 1 aromatic heterocycles. The highest BCUT2D eigenvalue weighted by Gasteiger charge is 2.33. The van der Waals surface area contributed by atoms with Crippen molar-refractivity contribution in [3.63, 3.8) is 0 Å². The summed E-state index contributed by atoms with van der Waals surface area (Å²) in [5.41, 5.74) is -1.78. The van der Waals surface area contributed by atoms with Crippen LogP contribution in [0.2, 0.25) is 0 Å². The van der Waals surface area contributed by atoms with E-state index >= 15 is 0 Å². The molecule has 0 aliphatic rings. The minimum absolute atomic E-state index is 0.481. The van der Waals surface area contributed by atoms with Crippen LogP contribution in [-0.2, 0) is 6.18 Å². The van der Waals surface area contributed by atoms with Crippen molar-refractivity contribution in [2.45, 2.75) is 13.1 Å². The molecule has 0 saturated carbocycles. The van der Waals surface area contributed by atoms with E-state index in [4.69, 9.17) is 7.85 Å². The number of rotatable bonds is 0. The Morgan fingerprint density at radius 3 is 2.67 bits per heavy atom. The molecule has 5 heteroatoms. The number of halogens is 3. The Hall–Kier alpha value is -1.26. The summed E-state index contributed by atoms with van der Waals surface area (Å²) in [4.78, 5) is 3.18. The Bertz CT molecular complexity index is 378. The van der Waals surface area contributed by atoms with Gasteiger partial charge >= 0.3 is 6.18 Å². The van der Waals surface area contributed by atoms with Gasteiger partial charge in [0.2, 0.25) is 0 Å². The third-order valence-corrected chi connectivity index (χ3v) is 1.22. The molecule has 1 N–H and O–H groups in total. The molecule has 1 aromatic rings. The molecule has 0 aliphatic carbocycles. The smallest absolute Gasteiger partial charge is 0.418 e. The predicted molar refractivity (Wildman–Crippen MR) is 35.6 cm³/mol. The van der Waals surface area contributed by atoms with Crippen molar-refractivity contribution in [2.75, 3.05) is 0 Å². The van der Waals surface area contributed by atoms with E-state index in [9.17, 15) is 13.2 Å². The van der Waals surface area contributed by atoms with E-state index < -0.39 is 35.4 Å². The van der Waals surface area contributed by atoms with Crippen molar-refractivity contribution in [2.24, 2.45) is 0 Å². The zero-order valence-electron chi connectivity index (χ0n) is 8.03. The van der Waals surface area contributed by atoms with E-state index in [1.807, 2.05) is 0 Å². The summed E-state index contributed by atoms with van der Waals surface area (Å²) < 4.78 is 50.8. The highest BCUT2D eigenvalue weighted by molar-refractivity contribution is 5.29. The van der Waals surface area contributed by atoms with Gasteiger partial charge in [-0.2, -0.15) is 13.2 Å². The van der Waals surface area contributed by atoms with Crippen molar-refractivity contribution < 1.29 is 21.0 Å². The van der Waals surface area contributed by atoms with Crippen LogP contribution < -0.4 is 0 Å². The van der Waals surface area contributed by atoms with E-state index in [0.717, 1.165) is 6.92 Å². The average molecular weight is 179 g/mol. The molecule has 0 atom stereocenters. The van der Waals surface area contributed by atoms with Crippen LogP contribution >= 0.6 is 0 Å². The fourth-order valence-electron chi connectivity index (χ4n) is 0.706. The van der Waals surface area contributed by atoms with E-state index in [-0.39, 0.29) is 0 Å². The summed E-state index contributed by atoms with van der Waals surface area (Å²) in [5, 5.41) is 8.94. The molecule has 0 bridgehead atoms. The highest BCUT2D eigenvalue weighted by Crippen LogP contribution is 2.32. The number of aromatic hydroxyl groups is 1. The number of aromatic nitrogens is 1. The standard InChI is InChI=1S/C7H6F3NO/c1-4-6(7(8,9)10)2-5(12)3-11-4/h2-3,12H,1H3/i2D,3D. The first kappa shape index (κ1) is 6.28. The molecular weight excluding hydrogens is 171 g/mol. The molecule has 2 nitrogen and oxygen atoms in total. The van der Waals surface area contributed by atoms with Gasteiger partial charge in [-0.15, -0.1) is 0 Å². The van der Waals surface area contributed by atoms with Crippen LogP contribution in [0.15, 0.2) is 12.2 Å². The first-order valence-corrected chi connectivity index (χ1v) is 2.99. The third-order valence-electron chi connectivity index (χ3n) is 1.22. The molecule has 0 spiro atoms. The highest BCUT2D eigenvalue weighted by atomic mass is 19.4. The zero-order valence-corrected chi connectivity index (χ0v) is 6.03. The minimum atomic E-state index is -4.74. The van der Waals surface area contributed by atoms with Crippen molar-refractivity contribution in [3.8, 4) is 5.75 Å². The second-order valence-corrected chi connectivity index (χ2v) is 2.16. The van der Waals surface area contributed by atoms with E-state index in [1.54, 1.807) is 0 Å². The van der Waals surface area contributed by atoms with Gasteiger partial charge in [0, 0.05) is 5.69 Å². The van der Waals surface area contributed by atoms with Gasteiger partial charge in [-0.05, 0) is 13.0 Å². The summed E-state index contributed by atoms with van der Waals surface area (Å²) in [7, 11) is 0. The second kappa shape index (κ2) is 2.66. The number of hydrogen-bond acceptors (Lipinski definition) is 2. The van der Waals surface area contributed by atoms with Gasteiger partial charge in [-0.1, -0.05) is 0 Å². The van der Waals surface area contributed by atoms with Gasteiger partial charge in [-0.25, -0.2) is 0 Å². The maximum Gasteiger partial charge on any atom is 0.418 e. The van der Waals surface area contributed by atoms with Crippen molar-refractivity contribution in [1.82, 2.24) is 4.98 Å². The quantitative estimate of drug-likeness (QED) is 0.661. The van der Waals surface area contributed by atoms with E-state index in [0.29, 0.717) is 0 Å². The Morgan fingerprint density at radius 2 is 2.17 bits per heavy atom. The maximum atomic E-state index is 12.3. The Balaban J connectivity index is 3.53. The zero-order chi connectivity index (χ0) is 11.1. The van der Waals surface area contributed by atoms with Crippen molar-refractivity contribution >= 4 is 0 Å². The number of alkyl halides is 3.